The number of carbonyl (C=O) groups excluding carboxylic acids is 2. The van der Waals surface area contributed by atoms with E-state index in [4.69, 9.17) is 24.8 Å². The maximum absolute atomic E-state index is 12.2. The van der Waals surface area contributed by atoms with Gasteiger partial charge in [-0.3, -0.25) is 14.4 Å². The van der Waals surface area contributed by atoms with Crippen molar-refractivity contribution in [1.82, 2.24) is 0 Å². The van der Waals surface area contributed by atoms with E-state index in [-0.39, 0.29) is 23.0 Å². The molecule has 0 spiro atoms. The molecule has 0 unspecified atom stereocenters. The summed E-state index contributed by atoms with van der Waals surface area (Å²) < 4.78 is 10.9. The Morgan fingerprint density at radius 3 is 1.38 bits per heavy atom. The molecule has 0 saturated carbocycles. The van der Waals surface area contributed by atoms with E-state index < -0.39 is 46.4 Å². The van der Waals surface area contributed by atoms with Gasteiger partial charge in [0.1, 0.15) is 25.3 Å². The van der Waals surface area contributed by atoms with Crippen LogP contribution in [0.15, 0.2) is 36.4 Å². The number of esters is 2. The first-order valence-electron chi connectivity index (χ1n) is 14.7. The van der Waals surface area contributed by atoms with Crippen molar-refractivity contribution in [2.45, 2.75) is 74.5 Å². The normalized spacial score (nSPS) is 12.8. The number of aliphatic hydroxyl groups excluding tert-OH is 2. The Bertz CT molecular complexity index is 1260. The zero-order valence-electron chi connectivity index (χ0n) is 28.5. The second-order valence-electron chi connectivity index (χ2n) is 13.6. The van der Waals surface area contributed by atoms with E-state index in [1.165, 1.54) is 12.1 Å². The molecule has 12 heteroatoms. The van der Waals surface area contributed by atoms with Crippen LogP contribution in [0, 0.1) is 16.2 Å². The molecular weight excluding hydrogens is 584 g/mol. The number of phenolic OH excluding ortho intramolecular Hbond substituents is 2. The number of carboxylic acids is 1. The number of likely N-dealkylation sites (N-methyl/N-ethyl adjacent to an activating group) is 2. The van der Waals surface area contributed by atoms with Gasteiger partial charge in [0.25, 0.3) is 0 Å². The number of aromatic hydroxyl groups is 2. The molecule has 2 aromatic rings. The molecule has 0 aromatic heterocycles. The van der Waals surface area contributed by atoms with Crippen molar-refractivity contribution in [3.05, 3.63) is 47.5 Å². The number of carbonyl (C=O) groups is 3. The van der Waals surface area contributed by atoms with Crippen molar-refractivity contribution in [1.29, 1.82) is 0 Å². The highest BCUT2D eigenvalue weighted by molar-refractivity contribution is 5.81. The maximum Gasteiger partial charge on any atom is 0.316 e. The number of aliphatic hydroxyl groups is 2. The van der Waals surface area contributed by atoms with Crippen LogP contribution in [0.2, 0.25) is 0 Å². The number of hydrogen-bond acceptors (Lipinski definition) is 9. The van der Waals surface area contributed by atoms with Crippen LogP contribution in [-0.4, -0.2) is 70.6 Å². The molecule has 9 N–H and O–H groups in total. The first-order valence-corrected chi connectivity index (χ1v) is 14.7. The average Bonchev–Trinajstić information content (AvgIpc) is 2.90. The van der Waals surface area contributed by atoms with Crippen molar-refractivity contribution < 1.29 is 60.0 Å². The zero-order chi connectivity index (χ0) is 35.3. The quantitative estimate of drug-likeness (QED) is 0.128. The monoisotopic (exact) mass is 638 g/mol. The highest BCUT2D eigenvalue weighted by atomic mass is 16.6. The number of hydrogen-bond donors (Lipinski definition) is 7. The Kier molecular flexibility index (Phi) is 16.2. The Hall–Kier alpha value is -3.71. The molecule has 0 saturated heterocycles. The molecule has 0 bridgehead atoms. The molecule has 0 aliphatic rings. The summed E-state index contributed by atoms with van der Waals surface area (Å²) in [6, 6.07) is 9.07. The molecule has 2 rings (SSSR count). The summed E-state index contributed by atoms with van der Waals surface area (Å²) in [7, 11) is 3.70. The summed E-state index contributed by atoms with van der Waals surface area (Å²) in [4.78, 5) is 34.4. The van der Waals surface area contributed by atoms with Crippen LogP contribution >= 0.6 is 0 Å². The lowest BCUT2D eigenvalue weighted by Gasteiger charge is -2.21. The third-order valence-corrected chi connectivity index (χ3v) is 5.93. The van der Waals surface area contributed by atoms with Gasteiger partial charge in [-0.1, -0.05) is 12.1 Å². The number of phenols is 2. The predicted molar refractivity (Wildman–Crippen MR) is 169 cm³/mol. The van der Waals surface area contributed by atoms with Crippen molar-refractivity contribution in [2.24, 2.45) is 16.2 Å². The summed E-state index contributed by atoms with van der Waals surface area (Å²) in [6.07, 6.45) is -1.33. The SMILES string of the molecule is CC(C)(C)C(=O)O.C[NH2+]C[C@H](O)c1ccc(O)c(O)c1.C[NH2+]C[C@H](O)c1ccc(OC(=O)C(C)(C)C)c(OC(=O)C(C)(C)C)c1. The number of rotatable bonds is 8. The summed E-state index contributed by atoms with van der Waals surface area (Å²) in [5, 5.41) is 49.8. The number of aliphatic carboxylic acids is 1. The molecule has 12 nitrogen and oxygen atoms in total. The van der Waals surface area contributed by atoms with E-state index in [2.05, 4.69) is 0 Å². The van der Waals surface area contributed by atoms with Crippen LogP contribution in [0.1, 0.15) is 85.6 Å². The number of quaternary nitrogens is 2. The van der Waals surface area contributed by atoms with Crippen molar-refractivity contribution in [3.8, 4) is 23.0 Å². The number of ether oxygens (including phenoxy) is 2. The van der Waals surface area contributed by atoms with E-state index in [9.17, 15) is 24.6 Å². The fourth-order valence-corrected chi connectivity index (χ4v) is 2.87. The first kappa shape index (κ1) is 41.3. The lowest BCUT2D eigenvalue weighted by Crippen LogP contribution is -2.80. The van der Waals surface area contributed by atoms with E-state index >= 15 is 0 Å². The fraction of sp³-hybridized carbons (Fsp3) is 0.545. The molecule has 45 heavy (non-hydrogen) atoms. The van der Waals surface area contributed by atoms with Gasteiger partial charge in [-0.25, -0.2) is 0 Å². The van der Waals surface area contributed by atoms with Crippen LogP contribution in [0.25, 0.3) is 0 Å². The zero-order valence-corrected chi connectivity index (χ0v) is 28.5. The highest BCUT2D eigenvalue weighted by Crippen LogP contribution is 2.34. The molecule has 0 aliphatic carbocycles. The van der Waals surface area contributed by atoms with Crippen molar-refractivity contribution in [3.63, 3.8) is 0 Å². The lowest BCUT2D eigenvalue weighted by molar-refractivity contribution is -0.634. The molecule has 0 fully saturated rings. The number of carboxylic acid groups (broad SMARTS) is 1. The van der Waals surface area contributed by atoms with Gasteiger partial charge in [0, 0.05) is 0 Å². The van der Waals surface area contributed by atoms with Gasteiger partial charge < -0.3 is 45.6 Å². The van der Waals surface area contributed by atoms with Crippen molar-refractivity contribution >= 4 is 17.9 Å². The van der Waals surface area contributed by atoms with Crippen LogP contribution in [0.5, 0.6) is 23.0 Å². The minimum atomic E-state index is -0.757. The van der Waals surface area contributed by atoms with Crippen LogP contribution in [0.3, 0.4) is 0 Å². The Labute approximate surface area is 266 Å². The van der Waals surface area contributed by atoms with Crippen LogP contribution in [0.4, 0.5) is 0 Å². The number of benzene rings is 2. The summed E-state index contributed by atoms with van der Waals surface area (Å²) in [5.41, 5.74) is -0.795. The minimum Gasteiger partial charge on any atom is -0.504 e. The standard InChI is InChI=1S/C19H29NO5.C9H13NO3.C5H10O2/c1-18(2,3)16(22)24-14-9-8-12(13(21)11-20-7)10-15(14)25-17(23)19(4,5)6;1-10-5-9(13)6-2-3-7(11)8(12)4-6;1-5(2,3)4(6)7/h8-10,13,20-21H,11H2,1-7H3;2-4,9-13H,5H2,1H3;1-3H3,(H,6,7)/p+2/t13-;9-;/m00./s1. The summed E-state index contributed by atoms with van der Waals surface area (Å²) >= 11 is 0. The van der Waals surface area contributed by atoms with Crippen LogP contribution in [-0.2, 0) is 14.4 Å². The van der Waals surface area contributed by atoms with E-state index in [0.29, 0.717) is 24.2 Å². The van der Waals surface area contributed by atoms with Gasteiger partial charge in [0.05, 0.1) is 30.3 Å². The van der Waals surface area contributed by atoms with E-state index in [1.807, 2.05) is 24.7 Å². The highest BCUT2D eigenvalue weighted by Gasteiger charge is 2.28. The minimum absolute atomic E-state index is 0.130. The third-order valence-electron chi connectivity index (χ3n) is 5.93. The smallest absolute Gasteiger partial charge is 0.316 e. The fourth-order valence-electron chi connectivity index (χ4n) is 2.87. The Balaban J connectivity index is 0.000000798. The molecule has 0 radical (unpaired) electrons. The predicted octanol–water partition coefficient (Wildman–Crippen LogP) is 2.26. The summed E-state index contributed by atoms with van der Waals surface area (Å²) in [6.45, 7) is 16.4. The van der Waals surface area contributed by atoms with Gasteiger partial charge in [-0.05, 0) is 97.7 Å². The molecule has 0 heterocycles. The largest absolute Gasteiger partial charge is 0.504 e. The molecule has 0 aliphatic heterocycles. The van der Waals surface area contributed by atoms with E-state index in [0.717, 1.165) is 0 Å². The van der Waals surface area contributed by atoms with Gasteiger partial charge in [0.2, 0.25) is 0 Å². The third kappa shape index (κ3) is 15.2. The second kappa shape index (κ2) is 17.7. The lowest BCUT2D eigenvalue weighted by atomic mass is 9.97. The maximum atomic E-state index is 12.2. The van der Waals surface area contributed by atoms with E-state index in [1.54, 1.807) is 86.6 Å². The molecule has 0 amide bonds. The van der Waals surface area contributed by atoms with Gasteiger partial charge >= 0.3 is 17.9 Å². The van der Waals surface area contributed by atoms with Crippen molar-refractivity contribution in [2.75, 3.05) is 27.2 Å². The second-order valence-corrected chi connectivity index (χ2v) is 13.6. The Morgan fingerprint density at radius 1 is 0.644 bits per heavy atom. The Morgan fingerprint density at radius 2 is 1.02 bits per heavy atom. The number of nitrogens with two attached hydrogens (primary N) is 2. The molecule has 2 atom stereocenters. The summed E-state index contributed by atoms with van der Waals surface area (Å²) in [5.74, 6) is -1.72. The average molecular weight is 639 g/mol. The molecule has 254 valence electrons. The van der Waals surface area contributed by atoms with Crippen LogP contribution < -0.4 is 20.1 Å². The topological polar surface area (TPSA) is 204 Å². The van der Waals surface area contributed by atoms with Gasteiger partial charge in [0.15, 0.2) is 23.0 Å². The first-order chi connectivity index (χ1) is 20.4. The molecular formula is C33H54N2O10+2. The van der Waals surface area contributed by atoms with Gasteiger partial charge in [-0.2, -0.15) is 0 Å². The van der Waals surface area contributed by atoms with Gasteiger partial charge in [-0.15, -0.1) is 0 Å². The molecule has 2 aromatic carbocycles.